The molecule has 0 fully saturated rings. The molecule has 2 N–H and O–H groups in total. The van der Waals surface area contributed by atoms with Crippen molar-refractivity contribution in [2.24, 2.45) is 0 Å². The number of aromatic nitrogens is 2. The predicted octanol–water partition coefficient (Wildman–Crippen LogP) is 1.74. The van der Waals surface area contributed by atoms with E-state index in [0.29, 0.717) is 13.1 Å². The fourth-order valence-electron chi connectivity index (χ4n) is 1.98. The summed E-state index contributed by atoms with van der Waals surface area (Å²) in [6.07, 6.45) is 0.514. The Bertz CT molecular complexity index is 434. The highest BCUT2D eigenvalue weighted by molar-refractivity contribution is 5.69. The van der Waals surface area contributed by atoms with Crippen LogP contribution in [0, 0.1) is 0 Å². The average Bonchev–Trinajstić information content (AvgIpc) is 2.68. The number of nitrogens with zero attached hydrogens (tertiary/aromatic N) is 2. The number of hydrogen-bond acceptors (Lipinski definition) is 4. The maximum Gasteiger partial charge on any atom is 0.410 e. The number of anilines is 1. The van der Waals surface area contributed by atoms with Crippen LogP contribution in [0.15, 0.2) is 0 Å². The van der Waals surface area contributed by atoms with Crippen molar-refractivity contribution < 1.29 is 9.53 Å². The Kier molecular flexibility index (Phi) is 3.19. The minimum absolute atomic E-state index is 0.267. The largest absolute Gasteiger partial charge is 0.444 e. The third-order valence-electron chi connectivity index (χ3n) is 2.82. The van der Waals surface area contributed by atoms with Crippen molar-refractivity contribution in [1.82, 2.24) is 15.1 Å². The Balaban J connectivity index is 2.09. The summed E-state index contributed by atoms with van der Waals surface area (Å²) in [5.41, 5.74) is 1.69. The van der Waals surface area contributed by atoms with Crippen LogP contribution >= 0.6 is 0 Å². The van der Waals surface area contributed by atoms with Gasteiger partial charge in [-0.05, 0) is 20.8 Å². The molecular formula is C12H20N4O2. The van der Waals surface area contributed by atoms with E-state index in [9.17, 15) is 4.79 Å². The van der Waals surface area contributed by atoms with E-state index >= 15 is 0 Å². The molecular weight excluding hydrogens is 232 g/mol. The van der Waals surface area contributed by atoms with Crippen molar-refractivity contribution in [2.45, 2.75) is 39.3 Å². The Morgan fingerprint density at radius 1 is 1.50 bits per heavy atom. The molecule has 0 atom stereocenters. The molecule has 1 amide bonds. The fraction of sp³-hybridized carbons (Fsp3) is 0.667. The van der Waals surface area contributed by atoms with E-state index < -0.39 is 5.60 Å². The smallest absolute Gasteiger partial charge is 0.410 e. The molecule has 1 aliphatic rings. The van der Waals surface area contributed by atoms with Gasteiger partial charge in [-0.1, -0.05) is 0 Å². The topological polar surface area (TPSA) is 70.2 Å². The van der Waals surface area contributed by atoms with Crippen LogP contribution in [0.5, 0.6) is 0 Å². The molecule has 0 bridgehead atoms. The number of carbonyl (C=O) groups is 1. The minimum atomic E-state index is -0.459. The van der Waals surface area contributed by atoms with Crippen LogP contribution in [0.2, 0.25) is 0 Å². The zero-order chi connectivity index (χ0) is 13.3. The summed E-state index contributed by atoms with van der Waals surface area (Å²) < 4.78 is 5.38. The van der Waals surface area contributed by atoms with Gasteiger partial charge in [0.2, 0.25) is 0 Å². The SMILES string of the molecule is CNc1n[nH]c2c1CN(C(=O)OC(C)(C)C)CC2. The number of H-pyrrole nitrogens is 1. The molecule has 18 heavy (non-hydrogen) atoms. The highest BCUT2D eigenvalue weighted by atomic mass is 16.6. The summed E-state index contributed by atoms with van der Waals surface area (Å²) >= 11 is 0. The summed E-state index contributed by atoms with van der Waals surface area (Å²) in [5.74, 6) is 0.804. The molecule has 100 valence electrons. The van der Waals surface area contributed by atoms with Gasteiger partial charge in [-0.2, -0.15) is 5.10 Å². The van der Waals surface area contributed by atoms with Gasteiger partial charge in [-0.3, -0.25) is 5.10 Å². The van der Waals surface area contributed by atoms with E-state index in [1.165, 1.54) is 0 Å². The van der Waals surface area contributed by atoms with Crippen LogP contribution in [0.25, 0.3) is 0 Å². The lowest BCUT2D eigenvalue weighted by Crippen LogP contribution is -2.39. The molecule has 0 spiro atoms. The first-order valence-corrected chi connectivity index (χ1v) is 6.12. The third-order valence-corrected chi connectivity index (χ3v) is 2.82. The lowest BCUT2D eigenvalue weighted by atomic mass is 10.1. The van der Waals surface area contributed by atoms with Crippen molar-refractivity contribution in [3.63, 3.8) is 0 Å². The molecule has 0 aliphatic carbocycles. The van der Waals surface area contributed by atoms with Gasteiger partial charge in [-0.25, -0.2) is 4.79 Å². The summed E-state index contributed by atoms with van der Waals surface area (Å²) in [6.45, 7) is 6.82. The molecule has 2 heterocycles. The van der Waals surface area contributed by atoms with Crippen LogP contribution in [-0.2, 0) is 17.7 Å². The first kappa shape index (κ1) is 12.7. The van der Waals surface area contributed by atoms with E-state index in [0.717, 1.165) is 23.5 Å². The zero-order valence-electron chi connectivity index (χ0n) is 11.3. The summed E-state index contributed by atoms with van der Waals surface area (Å²) in [7, 11) is 1.82. The van der Waals surface area contributed by atoms with Crippen molar-refractivity contribution in [3.05, 3.63) is 11.3 Å². The van der Waals surface area contributed by atoms with Gasteiger partial charge < -0.3 is 15.0 Å². The molecule has 0 aromatic carbocycles. The number of hydrogen-bond donors (Lipinski definition) is 2. The molecule has 1 aromatic heterocycles. The van der Waals surface area contributed by atoms with Gasteiger partial charge in [0.25, 0.3) is 0 Å². The van der Waals surface area contributed by atoms with E-state index in [1.54, 1.807) is 4.90 Å². The van der Waals surface area contributed by atoms with Crippen LogP contribution in [0.3, 0.4) is 0 Å². The normalized spacial score (nSPS) is 15.2. The molecule has 1 aromatic rings. The van der Waals surface area contributed by atoms with Gasteiger partial charge in [0.05, 0.1) is 6.54 Å². The summed E-state index contributed by atoms with van der Waals surface area (Å²) in [4.78, 5) is 13.7. The molecule has 0 unspecified atom stereocenters. The average molecular weight is 252 g/mol. The lowest BCUT2D eigenvalue weighted by molar-refractivity contribution is 0.0224. The Labute approximate surface area is 107 Å². The second kappa shape index (κ2) is 4.51. The number of nitrogens with one attached hydrogen (secondary N) is 2. The predicted molar refractivity (Wildman–Crippen MR) is 68.5 cm³/mol. The second-order valence-electron chi connectivity index (χ2n) is 5.43. The number of carbonyl (C=O) groups excluding carboxylic acids is 1. The van der Waals surface area contributed by atoms with Crippen LogP contribution in [0.1, 0.15) is 32.0 Å². The van der Waals surface area contributed by atoms with Crippen molar-refractivity contribution >= 4 is 11.9 Å². The number of aromatic amines is 1. The highest BCUT2D eigenvalue weighted by Crippen LogP contribution is 2.24. The molecule has 0 saturated heterocycles. The molecule has 2 rings (SSSR count). The molecule has 0 radical (unpaired) electrons. The Morgan fingerprint density at radius 2 is 2.22 bits per heavy atom. The van der Waals surface area contributed by atoms with E-state index in [1.807, 2.05) is 27.8 Å². The van der Waals surface area contributed by atoms with Crippen LogP contribution < -0.4 is 5.32 Å². The van der Waals surface area contributed by atoms with Gasteiger partial charge in [-0.15, -0.1) is 0 Å². The van der Waals surface area contributed by atoms with Crippen molar-refractivity contribution in [3.8, 4) is 0 Å². The quantitative estimate of drug-likeness (QED) is 0.798. The minimum Gasteiger partial charge on any atom is -0.444 e. The van der Waals surface area contributed by atoms with Crippen LogP contribution in [0.4, 0.5) is 10.6 Å². The van der Waals surface area contributed by atoms with Crippen molar-refractivity contribution in [2.75, 3.05) is 18.9 Å². The molecule has 6 heteroatoms. The monoisotopic (exact) mass is 252 g/mol. The maximum atomic E-state index is 12.0. The first-order valence-electron chi connectivity index (χ1n) is 6.12. The number of ether oxygens (including phenoxy) is 1. The third kappa shape index (κ3) is 2.57. The number of rotatable bonds is 1. The van der Waals surface area contributed by atoms with E-state index in [2.05, 4.69) is 15.5 Å². The maximum absolute atomic E-state index is 12.0. The first-order chi connectivity index (χ1) is 8.40. The molecule has 1 aliphatic heterocycles. The Hall–Kier alpha value is -1.72. The van der Waals surface area contributed by atoms with Crippen molar-refractivity contribution in [1.29, 1.82) is 0 Å². The van der Waals surface area contributed by atoms with E-state index in [4.69, 9.17) is 4.74 Å². The Morgan fingerprint density at radius 3 is 2.83 bits per heavy atom. The van der Waals surface area contributed by atoms with Gasteiger partial charge >= 0.3 is 6.09 Å². The molecule has 0 saturated carbocycles. The standard InChI is InChI=1S/C12H20N4O2/c1-12(2,3)18-11(17)16-6-5-9-8(7-16)10(13-4)15-14-9/h5-7H2,1-4H3,(H2,13,14,15). The van der Waals surface area contributed by atoms with Crippen LogP contribution in [-0.4, -0.2) is 40.4 Å². The number of fused-ring (bicyclic) bond motifs is 1. The number of amides is 1. The van der Waals surface area contributed by atoms with Gasteiger partial charge in [0.1, 0.15) is 5.60 Å². The van der Waals surface area contributed by atoms with Gasteiger partial charge in [0.15, 0.2) is 5.82 Å². The lowest BCUT2D eigenvalue weighted by Gasteiger charge is -2.30. The van der Waals surface area contributed by atoms with E-state index in [-0.39, 0.29) is 6.09 Å². The van der Waals surface area contributed by atoms with Gasteiger partial charge in [0, 0.05) is 31.3 Å². The summed E-state index contributed by atoms with van der Waals surface area (Å²) in [5, 5.41) is 10.2. The highest BCUT2D eigenvalue weighted by Gasteiger charge is 2.28. The second-order valence-corrected chi connectivity index (χ2v) is 5.43. The fourth-order valence-corrected chi connectivity index (χ4v) is 1.98. The zero-order valence-corrected chi connectivity index (χ0v) is 11.3. The molecule has 6 nitrogen and oxygen atoms in total. The summed E-state index contributed by atoms with van der Waals surface area (Å²) in [6, 6.07) is 0.